The van der Waals surface area contributed by atoms with Crippen molar-refractivity contribution in [3.63, 3.8) is 0 Å². The molecule has 0 unspecified atom stereocenters. The highest BCUT2D eigenvalue weighted by Crippen LogP contribution is 2.40. The van der Waals surface area contributed by atoms with Crippen LogP contribution in [0.15, 0.2) is 59.1 Å². The summed E-state index contributed by atoms with van der Waals surface area (Å²) in [5.74, 6) is 3.25. The Hall–Kier alpha value is -3.37. The number of aromatic carboxylic acids is 1. The maximum atomic E-state index is 12.0. The molecule has 0 saturated carbocycles. The van der Waals surface area contributed by atoms with Crippen molar-refractivity contribution in [1.82, 2.24) is 0 Å². The highest BCUT2D eigenvalue weighted by Gasteiger charge is 2.30. The van der Waals surface area contributed by atoms with E-state index in [-0.39, 0.29) is 16.7 Å². The summed E-state index contributed by atoms with van der Waals surface area (Å²) in [5.41, 5.74) is 2.09. The monoisotopic (exact) mass is 420 g/mol. The van der Waals surface area contributed by atoms with Crippen molar-refractivity contribution in [3.05, 3.63) is 65.2 Å². The highest BCUT2D eigenvalue weighted by molar-refractivity contribution is 8.14. The first-order chi connectivity index (χ1) is 14.3. The maximum Gasteiger partial charge on any atom is 0.335 e. The second-order valence-electron chi connectivity index (χ2n) is 7.67. The average molecular weight is 420 g/mol. The summed E-state index contributed by atoms with van der Waals surface area (Å²) in [6, 6.07) is 13.6. The fourth-order valence-electron chi connectivity index (χ4n) is 2.88. The van der Waals surface area contributed by atoms with Crippen LogP contribution < -0.4 is 4.90 Å². The Morgan fingerprint density at radius 3 is 2.40 bits per heavy atom. The number of para-hydroxylation sites is 1. The molecule has 0 spiro atoms. The Labute approximate surface area is 178 Å². The molecule has 0 saturated heterocycles. The standard InChI is InChI=1S/C23H20N2O4S/c1-23(2,3)16(12-26)14-30-22-24-19-11-15(21(28)29)9-10-18(19)20(13-27)25(22)17-7-5-4-6-8-17/h4-11H,14H2,1-3H3,(H,28,29). The van der Waals surface area contributed by atoms with Crippen LogP contribution in [0.2, 0.25) is 0 Å². The van der Waals surface area contributed by atoms with E-state index in [9.17, 15) is 19.5 Å². The van der Waals surface area contributed by atoms with Crippen molar-refractivity contribution in [2.45, 2.75) is 20.8 Å². The second kappa shape index (κ2) is 8.56. The van der Waals surface area contributed by atoms with Gasteiger partial charge in [-0.25, -0.2) is 19.4 Å². The molecular weight excluding hydrogens is 400 g/mol. The molecule has 7 heteroatoms. The van der Waals surface area contributed by atoms with Crippen molar-refractivity contribution < 1.29 is 19.5 Å². The van der Waals surface area contributed by atoms with E-state index in [1.807, 2.05) is 63.0 Å². The minimum absolute atomic E-state index is 0.0726. The van der Waals surface area contributed by atoms with Crippen LogP contribution in [-0.4, -0.2) is 33.9 Å². The summed E-state index contributed by atoms with van der Waals surface area (Å²) in [7, 11) is 0. The van der Waals surface area contributed by atoms with Gasteiger partial charge in [0.2, 0.25) is 0 Å². The van der Waals surface area contributed by atoms with Gasteiger partial charge in [0.1, 0.15) is 11.6 Å². The van der Waals surface area contributed by atoms with Gasteiger partial charge in [0.25, 0.3) is 0 Å². The number of fused-ring (bicyclic) bond motifs is 1. The van der Waals surface area contributed by atoms with E-state index in [1.165, 1.54) is 23.9 Å². The Morgan fingerprint density at radius 1 is 1.13 bits per heavy atom. The van der Waals surface area contributed by atoms with E-state index in [0.717, 1.165) is 0 Å². The number of carbonyl (C=O) groups is 1. The number of hydrogen-bond donors (Lipinski definition) is 1. The number of aliphatic imine (C=N–C) groups is 1. The summed E-state index contributed by atoms with van der Waals surface area (Å²) >= 11 is 1.29. The molecule has 2 aromatic carbocycles. The molecule has 2 aromatic rings. The Kier molecular flexibility index (Phi) is 6.09. The quantitative estimate of drug-likeness (QED) is 0.728. The number of anilines is 1. The van der Waals surface area contributed by atoms with Gasteiger partial charge in [-0.15, -0.1) is 0 Å². The van der Waals surface area contributed by atoms with Gasteiger partial charge < -0.3 is 5.11 Å². The van der Waals surface area contributed by atoms with Crippen LogP contribution in [0.4, 0.5) is 11.4 Å². The zero-order chi connectivity index (χ0) is 21.9. The number of thioether (sulfide) groups is 1. The third kappa shape index (κ3) is 4.29. The molecule has 3 rings (SSSR count). The third-order valence-electron chi connectivity index (χ3n) is 4.62. The van der Waals surface area contributed by atoms with Crippen LogP contribution in [-0.2, 0) is 9.59 Å². The van der Waals surface area contributed by atoms with Gasteiger partial charge in [-0.05, 0) is 35.7 Å². The van der Waals surface area contributed by atoms with Crippen LogP contribution in [0.1, 0.15) is 36.7 Å². The van der Waals surface area contributed by atoms with Crippen LogP contribution in [0, 0.1) is 5.41 Å². The van der Waals surface area contributed by atoms with Crippen LogP contribution in [0.25, 0.3) is 5.70 Å². The van der Waals surface area contributed by atoms with Crippen molar-refractivity contribution in [1.29, 1.82) is 0 Å². The lowest BCUT2D eigenvalue weighted by molar-refractivity contribution is 0.0697. The number of benzene rings is 2. The van der Waals surface area contributed by atoms with Crippen molar-refractivity contribution in [2.24, 2.45) is 10.4 Å². The minimum atomic E-state index is -1.08. The van der Waals surface area contributed by atoms with Gasteiger partial charge in [-0.2, -0.15) is 0 Å². The first-order valence-electron chi connectivity index (χ1n) is 9.20. The highest BCUT2D eigenvalue weighted by atomic mass is 32.2. The van der Waals surface area contributed by atoms with Gasteiger partial charge in [-0.3, -0.25) is 4.90 Å². The molecule has 0 atom stereocenters. The number of carboxylic acids is 1. The van der Waals surface area contributed by atoms with Gasteiger partial charge in [0, 0.05) is 22.6 Å². The summed E-state index contributed by atoms with van der Waals surface area (Å²) in [6.07, 6.45) is 0. The zero-order valence-electron chi connectivity index (χ0n) is 16.8. The van der Waals surface area contributed by atoms with E-state index >= 15 is 0 Å². The predicted molar refractivity (Wildman–Crippen MR) is 120 cm³/mol. The molecule has 0 fully saturated rings. The van der Waals surface area contributed by atoms with Crippen molar-refractivity contribution in [2.75, 3.05) is 10.7 Å². The van der Waals surface area contributed by atoms with Gasteiger partial charge >= 0.3 is 5.97 Å². The van der Waals surface area contributed by atoms with Crippen LogP contribution >= 0.6 is 11.8 Å². The van der Waals surface area contributed by atoms with Gasteiger partial charge in [-0.1, -0.05) is 50.7 Å². The molecule has 0 aliphatic carbocycles. The molecule has 0 amide bonds. The fraction of sp³-hybridized carbons (Fsp3) is 0.217. The molecule has 1 aliphatic heterocycles. The molecule has 1 aliphatic rings. The minimum Gasteiger partial charge on any atom is -0.478 e. The second-order valence-corrected chi connectivity index (χ2v) is 8.61. The molecule has 1 heterocycles. The molecule has 30 heavy (non-hydrogen) atoms. The molecular formula is C23H20N2O4S. The lowest BCUT2D eigenvalue weighted by Crippen LogP contribution is -2.31. The third-order valence-corrected chi connectivity index (χ3v) is 5.58. The summed E-state index contributed by atoms with van der Waals surface area (Å²) < 4.78 is 0. The lowest BCUT2D eigenvalue weighted by atomic mass is 9.89. The van der Waals surface area contributed by atoms with Crippen LogP contribution in [0.5, 0.6) is 0 Å². The number of nitrogens with zero attached hydrogens (tertiary/aromatic N) is 2. The molecule has 0 radical (unpaired) electrons. The number of carbonyl (C=O) groups excluding carboxylic acids is 2. The normalized spacial score (nSPS) is 13.1. The number of amidine groups is 1. The first-order valence-corrected chi connectivity index (χ1v) is 10.2. The van der Waals surface area contributed by atoms with Gasteiger partial charge in [0.05, 0.1) is 11.3 Å². The first kappa shape index (κ1) is 21.3. The fourth-order valence-corrected chi connectivity index (χ4v) is 4.13. The summed E-state index contributed by atoms with van der Waals surface area (Å²) in [4.78, 5) is 41.1. The average Bonchev–Trinajstić information content (AvgIpc) is 2.72. The summed E-state index contributed by atoms with van der Waals surface area (Å²) in [6.45, 7) is 5.78. The number of rotatable bonds is 4. The van der Waals surface area contributed by atoms with E-state index in [4.69, 9.17) is 0 Å². The van der Waals surface area contributed by atoms with E-state index in [2.05, 4.69) is 4.99 Å². The molecule has 0 aromatic heterocycles. The van der Waals surface area contributed by atoms with E-state index < -0.39 is 5.97 Å². The van der Waals surface area contributed by atoms with Gasteiger partial charge in [0.15, 0.2) is 11.1 Å². The molecule has 152 valence electrons. The maximum absolute atomic E-state index is 12.0. The number of hydrogen-bond acceptors (Lipinski definition) is 6. The Morgan fingerprint density at radius 2 is 1.83 bits per heavy atom. The molecule has 6 nitrogen and oxygen atoms in total. The Bertz CT molecular complexity index is 1120. The van der Waals surface area contributed by atoms with E-state index in [0.29, 0.717) is 33.4 Å². The van der Waals surface area contributed by atoms with Crippen LogP contribution in [0.3, 0.4) is 0 Å². The topological polar surface area (TPSA) is 87.0 Å². The van der Waals surface area contributed by atoms with Crippen molar-refractivity contribution in [3.8, 4) is 0 Å². The SMILES string of the molecule is CC(C)(C)C(=C=O)CSC1=Nc2cc(C(=O)O)ccc2C(=C=O)N1c1ccccc1. The van der Waals surface area contributed by atoms with Crippen molar-refractivity contribution >= 4 is 51.9 Å². The van der Waals surface area contributed by atoms with E-state index in [1.54, 1.807) is 11.0 Å². The zero-order valence-corrected chi connectivity index (χ0v) is 17.6. The molecule has 1 N–H and O–H groups in total. The predicted octanol–water partition coefficient (Wildman–Crippen LogP) is 4.60. The smallest absolute Gasteiger partial charge is 0.335 e. The summed E-state index contributed by atoms with van der Waals surface area (Å²) in [5, 5.41) is 9.76. The largest absolute Gasteiger partial charge is 0.478 e. The Balaban J connectivity index is 2.13. The lowest BCUT2D eigenvalue weighted by Gasteiger charge is -2.31. The number of carboxylic acid groups (broad SMARTS) is 1. The molecule has 0 bridgehead atoms.